The van der Waals surface area contributed by atoms with Crippen LogP contribution in [0.1, 0.15) is 18.1 Å². The number of aliphatic hydroxyl groups is 1. The summed E-state index contributed by atoms with van der Waals surface area (Å²) in [5.41, 5.74) is 3.87. The van der Waals surface area contributed by atoms with Gasteiger partial charge in [-0.3, -0.25) is 0 Å². The Labute approximate surface area is 124 Å². The lowest BCUT2D eigenvalue weighted by molar-refractivity contribution is 0.282. The van der Waals surface area contributed by atoms with Crippen molar-refractivity contribution in [3.05, 3.63) is 59.7 Å². The number of hydrogen-bond acceptors (Lipinski definition) is 2. The summed E-state index contributed by atoms with van der Waals surface area (Å²) < 4.78 is 0. The van der Waals surface area contributed by atoms with E-state index in [1.807, 2.05) is 36.4 Å². The summed E-state index contributed by atoms with van der Waals surface area (Å²) in [6.07, 6.45) is 1.02. The van der Waals surface area contributed by atoms with Gasteiger partial charge in [0.1, 0.15) is 0 Å². The van der Waals surface area contributed by atoms with Gasteiger partial charge in [-0.1, -0.05) is 37.3 Å². The Hall–Kier alpha value is -1.91. The van der Waals surface area contributed by atoms with Gasteiger partial charge in [-0.15, -0.1) is 0 Å². The molecule has 0 aromatic heterocycles. The monoisotopic (exact) mass is 286 g/mol. The Morgan fingerprint density at radius 2 is 1.75 bits per heavy atom. The molecule has 2 aromatic carbocycles. The number of aliphatic hydroxyl groups excluding tert-OH is 1. The Morgan fingerprint density at radius 3 is 2.40 bits per heavy atom. The minimum Gasteiger partial charge on any atom is -0.392 e. The van der Waals surface area contributed by atoms with Gasteiger partial charge in [0.25, 0.3) is 0 Å². The third-order valence-electron chi connectivity index (χ3n) is 3.06. The third-order valence-corrected chi connectivity index (χ3v) is 3.26. The predicted molar refractivity (Wildman–Crippen MR) is 88.0 cm³/mol. The quantitative estimate of drug-likeness (QED) is 0.752. The van der Waals surface area contributed by atoms with Crippen LogP contribution in [0.15, 0.2) is 48.5 Å². The molecule has 3 N–H and O–H groups in total. The number of benzene rings is 2. The van der Waals surface area contributed by atoms with E-state index in [-0.39, 0.29) is 6.61 Å². The zero-order chi connectivity index (χ0) is 14.4. The summed E-state index contributed by atoms with van der Waals surface area (Å²) in [7, 11) is 0. The molecule has 0 aliphatic rings. The Bertz CT molecular complexity index is 581. The van der Waals surface area contributed by atoms with Crippen LogP contribution in [0.2, 0.25) is 0 Å². The van der Waals surface area contributed by atoms with Crippen molar-refractivity contribution in [1.29, 1.82) is 0 Å². The summed E-state index contributed by atoms with van der Waals surface area (Å²) >= 11 is 5.28. The second-order valence-electron chi connectivity index (χ2n) is 4.44. The molecule has 0 heterocycles. The average Bonchev–Trinajstić information content (AvgIpc) is 2.48. The first kappa shape index (κ1) is 14.5. The van der Waals surface area contributed by atoms with Crippen molar-refractivity contribution in [2.24, 2.45) is 0 Å². The molecule has 4 heteroatoms. The highest BCUT2D eigenvalue weighted by Gasteiger charge is 2.03. The fourth-order valence-electron chi connectivity index (χ4n) is 1.89. The maximum absolute atomic E-state index is 9.28. The molecule has 0 saturated carbocycles. The minimum atomic E-state index is -0.0169. The summed E-state index contributed by atoms with van der Waals surface area (Å²) in [5, 5.41) is 16.0. The number of para-hydroxylation sites is 1. The molecule has 0 radical (unpaired) electrons. The second kappa shape index (κ2) is 7.03. The average molecular weight is 286 g/mol. The van der Waals surface area contributed by atoms with Gasteiger partial charge in [0.05, 0.1) is 6.61 Å². The van der Waals surface area contributed by atoms with Crippen LogP contribution in [0.3, 0.4) is 0 Å². The van der Waals surface area contributed by atoms with E-state index >= 15 is 0 Å². The number of hydrogen-bond donors (Lipinski definition) is 3. The van der Waals surface area contributed by atoms with Crippen LogP contribution in [-0.2, 0) is 13.0 Å². The molecule has 20 heavy (non-hydrogen) atoms. The highest BCUT2D eigenvalue weighted by Crippen LogP contribution is 2.16. The number of thiocarbonyl (C=S) groups is 1. The van der Waals surface area contributed by atoms with Gasteiger partial charge in [0, 0.05) is 16.9 Å². The summed E-state index contributed by atoms with van der Waals surface area (Å²) in [4.78, 5) is 0. The van der Waals surface area contributed by atoms with E-state index in [2.05, 4.69) is 29.7 Å². The number of aryl methyl sites for hydroxylation is 1. The smallest absolute Gasteiger partial charge is 0.175 e. The second-order valence-corrected chi connectivity index (χ2v) is 4.85. The maximum Gasteiger partial charge on any atom is 0.175 e. The number of rotatable bonds is 4. The van der Waals surface area contributed by atoms with Crippen LogP contribution < -0.4 is 10.6 Å². The van der Waals surface area contributed by atoms with Crippen LogP contribution in [0.25, 0.3) is 0 Å². The van der Waals surface area contributed by atoms with Gasteiger partial charge >= 0.3 is 0 Å². The SMILES string of the molecule is CCc1ccc(NC(=S)Nc2ccccc2CO)cc1. The predicted octanol–water partition coefficient (Wildman–Crippen LogP) is 3.55. The normalized spacial score (nSPS) is 10.1. The van der Waals surface area contributed by atoms with E-state index in [9.17, 15) is 5.11 Å². The molecule has 104 valence electrons. The van der Waals surface area contributed by atoms with E-state index in [1.54, 1.807) is 0 Å². The summed E-state index contributed by atoms with van der Waals surface area (Å²) in [5.74, 6) is 0. The van der Waals surface area contributed by atoms with Gasteiger partial charge in [0.2, 0.25) is 0 Å². The van der Waals surface area contributed by atoms with Gasteiger partial charge in [-0.25, -0.2) is 0 Å². The fraction of sp³-hybridized carbons (Fsp3) is 0.188. The Morgan fingerprint density at radius 1 is 1.05 bits per heavy atom. The molecule has 2 rings (SSSR count). The third kappa shape index (κ3) is 3.79. The summed E-state index contributed by atoms with van der Waals surface area (Å²) in [6.45, 7) is 2.11. The van der Waals surface area contributed by atoms with Gasteiger partial charge in [-0.05, 0) is 42.4 Å². The molecule has 0 spiro atoms. The maximum atomic E-state index is 9.28. The van der Waals surface area contributed by atoms with Crippen LogP contribution >= 0.6 is 12.2 Å². The topological polar surface area (TPSA) is 44.3 Å². The highest BCUT2D eigenvalue weighted by molar-refractivity contribution is 7.80. The molecule has 0 aliphatic carbocycles. The van der Waals surface area contributed by atoms with Gasteiger partial charge in [-0.2, -0.15) is 0 Å². The first-order chi connectivity index (χ1) is 9.72. The van der Waals surface area contributed by atoms with Crippen LogP contribution in [0.4, 0.5) is 11.4 Å². The largest absolute Gasteiger partial charge is 0.392 e. The lowest BCUT2D eigenvalue weighted by Gasteiger charge is -2.13. The molecule has 0 atom stereocenters. The molecule has 0 bridgehead atoms. The lowest BCUT2D eigenvalue weighted by atomic mass is 10.1. The van der Waals surface area contributed by atoms with Crippen LogP contribution in [0, 0.1) is 0 Å². The van der Waals surface area contributed by atoms with Gasteiger partial charge in [0.15, 0.2) is 5.11 Å². The zero-order valence-corrected chi connectivity index (χ0v) is 12.2. The van der Waals surface area contributed by atoms with E-state index < -0.39 is 0 Å². The zero-order valence-electron chi connectivity index (χ0n) is 11.4. The summed E-state index contributed by atoms with van der Waals surface area (Å²) in [6, 6.07) is 15.7. The standard InChI is InChI=1S/C16H18N2OS/c1-2-12-7-9-14(10-8-12)17-16(20)18-15-6-4-3-5-13(15)11-19/h3-10,19H,2,11H2,1H3,(H2,17,18,20). The molecule has 0 unspecified atom stereocenters. The molecule has 0 amide bonds. The Kier molecular flexibility index (Phi) is 5.09. The first-order valence-corrected chi connectivity index (χ1v) is 6.99. The Balaban J connectivity index is 2.01. The molecule has 3 nitrogen and oxygen atoms in total. The van der Waals surface area contributed by atoms with E-state index in [0.29, 0.717) is 5.11 Å². The van der Waals surface area contributed by atoms with Gasteiger partial charge < -0.3 is 15.7 Å². The van der Waals surface area contributed by atoms with Crippen molar-refractivity contribution in [3.8, 4) is 0 Å². The fourth-order valence-corrected chi connectivity index (χ4v) is 2.12. The van der Waals surface area contributed by atoms with Crippen LogP contribution in [0.5, 0.6) is 0 Å². The van der Waals surface area contributed by atoms with Crippen LogP contribution in [-0.4, -0.2) is 10.2 Å². The van der Waals surface area contributed by atoms with Crippen molar-refractivity contribution in [2.45, 2.75) is 20.0 Å². The molecule has 2 aromatic rings. The molecule has 0 fully saturated rings. The van der Waals surface area contributed by atoms with Crippen molar-refractivity contribution >= 4 is 28.7 Å². The van der Waals surface area contributed by atoms with Crippen molar-refractivity contribution in [1.82, 2.24) is 0 Å². The van der Waals surface area contributed by atoms with E-state index in [0.717, 1.165) is 23.4 Å². The van der Waals surface area contributed by atoms with E-state index in [1.165, 1.54) is 5.56 Å². The number of anilines is 2. The van der Waals surface area contributed by atoms with Crippen molar-refractivity contribution in [2.75, 3.05) is 10.6 Å². The molecule has 0 aliphatic heterocycles. The lowest BCUT2D eigenvalue weighted by Crippen LogP contribution is -2.19. The first-order valence-electron chi connectivity index (χ1n) is 6.58. The molecule has 0 saturated heterocycles. The van der Waals surface area contributed by atoms with Crippen molar-refractivity contribution in [3.63, 3.8) is 0 Å². The molecular weight excluding hydrogens is 268 g/mol. The minimum absolute atomic E-state index is 0.0169. The highest BCUT2D eigenvalue weighted by atomic mass is 32.1. The van der Waals surface area contributed by atoms with E-state index in [4.69, 9.17) is 12.2 Å². The van der Waals surface area contributed by atoms with Crippen molar-refractivity contribution < 1.29 is 5.11 Å². The molecular formula is C16H18N2OS. The number of nitrogens with one attached hydrogen (secondary N) is 2.